The molecule has 30 heavy (non-hydrogen) atoms. The first kappa shape index (κ1) is 20.0. The Kier molecular flexibility index (Phi) is 5.50. The van der Waals surface area contributed by atoms with Gasteiger partial charge < -0.3 is 22.1 Å². The highest BCUT2D eigenvalue weighted by molar-refractivity contribution is 5.99. The maximum Gasteiger partial charge on any atom is 0.252 e. The number of aromatic nitrogens is 2. The molecule has 0 radical (unpaired) electrons. The number of carbonyl (C=O) groups excluding carboxylic acids is 1. The topological polar surface area (TPSA) is 119 Å². The molecule has 0 spiro atoms. The Balaban J connectivity index is 1.67. The van der Waals surface area contributed by atoms with E-state index in [-0.39, 0.29) is 29.3 Å². The molecule has 2 heterocycles. The molecule has 7 nitrogen and oxygen atoms in total. The van der Waals surface area contributed by atoms with Gasteiger partial charge in [-0.1, -0.05) is 18.9 Å². The average molecular weight is 408 g/mol. The number of aryl methyl sites for hydroxylation is 1. The summed E-state index contributed by atoms with van der Waals surface area (Å²) in [5.41, 5.74) is 14.1. The van der Waals surface area contributed by atoms with E-state index in [0.717, 1.165) is 48.3 Å². The number of benzene rings is 1. The van der Waals surface area contributed by atoms with Gasteiger partial charge in [0.2, 0.25) is 0 Å². The fourth-order valence-corrected chi connectivity index (χ4v) is 3.83. The molecule has 2 atom stereocenters. The summed E-state index contributed by atoms with van der Waals surface area (Å²) >= 11 is 0. The third-order valence-electron chi connectivity index (χ3n) is 5.47. The van der Waals surface area contributed by atoms with Crippen molar-refractivity contribution in [1.82, 2.24) is 9.97 Å². The first-order valence-corrected chi connectivity index (χ1v) is 10.1. The Hall–Kier alpha value is -3.26. The largest absolute Gasteiger partial charge is 0.365 e. The number of nitrogens with zero attached hydrogens (tertiary/aromatic N) is 2. The van der Waals surface area contributed by atoms with E-state index in [1.54, 1.807) is 0 Å². The number of nitrogens with one attached hydrogen (secondary N) is 2. The molecule has 1 aliphatic rings. The van der Waals surface area contributed by atoms with E-state index in [2.05, 4.69) is 20.6 Å². The molecule has 1 amide bonds. The Bertz CT molecular complexity index is 1100. The molecular formula is C22H25FN6O. The van der Waals surface area contributed by atoms with Gasteiger partial charge in [0.15, 0.2) is 11.6 Å². The average Bonchev–Trinajstić information content (AvgIpc) is 2.71. The minimum Gasteiger partial charge on any atom is -0.365 e. The van der Waals surface area contributed by atoms with Gasteiger partial charge in [0.1, 0.15) is 5.82 Å². The van der Waals surface area contributed by atoms with Crippen molar-refractivity contribution in [2.24, 2.45) is 11.5 Å². The molecule has 6 N–H and O–H groups in total. The lowest BCUT2D eigenvalue weighted by atomic mass is 9.91. The molecule has 1 saturated carbocycles. The third kappa shape index (κ3) is 4.18. The standard InChI is InChI=1S/C22H25FN6O/c1-12-6-7-13-10-14(8-9-18(13)26-12)27-21-15(20(25)30)11-16(23)22(29-21)28-19-5-3-2-4-17(19)24/h6-11,17,19H,2-5,24H2,1H3,(H2,25,30)(H2,27,28,29)/t17-,19?/m0/s1. The number of pyridine rings is 2. The lowest BCUT2D eigenvalue weighted by Gasteiger charge is -2.30. The number of anilines is 3. The number of hydrogen-bond donors (Lipinski definition) is 4. The zero-order valence-corrected chi connectivity index (χ0v) is 16.8. The smallest absolute Gasteiger partial charge is 0.252 e. The maximum absolute atomic E-state index is 14.6. The lowest BCUT2D eigenvalue weighted by molar-refractivity contribution is 0.100. The molecule has 1 unspecified atom stereocenters. The van der Waals surface area contributed by atoms with Crippen molar-refractivity contribution < 1.29 is 9.18 Å². The highest BCUT2D eigenvalue weighted by atomic mass is 19.1. The van der Waals surface area contributed by atoms with Crippen LogP contribution in [-0.4, -0.2) is 28.0 Å². The normalized spacial score (nSPS) is 18.9. The van der Waals surface area contributed by atoms with Gasteiger partial charge in [-0.15, -0.1) is 0 Å². The van der Waals surface area contributed by atoms with Crippen molar-refractivity contribution in [3.8, 4) is 0 Å². The van der Waals surface area contributed by atoms with Crippen LogP contribution in [0.2, 0.25) is 0 Å². The van der Waals surface area contributed by atoms with Crippen LogP contribution in [0.1, 0.15) is 41.7 Å². The quantitative estimate of drug-likeness (QED) is 0.512. The van der Waals surface area contributed by atoms with Gasteiger partial charge in [-0.2, -0.15) is 0 Å². The summed E-state index contributed by atoms with van der Waals surface area (Å²) in [7, 11) is 0. The summed E-state index contributed by atoms with van der Waals surface area (Å²) in [5.74, 6) is -1.15. The summed E-state index contributed by atoms with van der Waals surface area (Å²) in [4.78, 5) is 20.7. The van der Waals surface area contributed by atoms with E-state index in [9.17, 15) is 9.18 Å². The number of amides is 1. The number of primary amides is 1. The highest BCUT2D eigenvalue weighted by Gasteiger charge is 2.24. The second-order valence-corrected chi connectivity index (χ2v) is 7.76. The first-order chi connectivity index (χ1) is 14.4. The van der Waals surface area contributed by atoms with Crippen molar-refractivity contribution in [3.05, 3.63) is 53.5 Å². The van der Waals surface area contributed by atoms with Crippen LogP contribution in [0.15, 0.2) is 36.4 Å². The molecule has 1 aromatic carbocycles. The number of hydrogen-bond acceptors (Lipinski definition) is 6. The lowest BCUT2D eigenvalue weighted by Crippen LogP contribution is -2.43. The van der Waals surface area contributed by atoms with Crippen molar-refractivity contribution in [1.29, 1.82) is 0 Å². The van der Waals surface area contributed by atoms with Crippen molar-refractivity contribution in [3.63, 3.8) is 0 Å². The molecule has 1 fully saturated rings. The predicted octanol–water partition coefficient (Wildman–Crippen LogP) is 3.60. The zero-order valence-electron chi connectivity index (χ0n) is 16.8. The van der Waals surface area contributed by atoms with Gasteiger partial charge >= 0.3 is 0 Å². The summed E-state index contributed by atoms with van der Waals surface area (Å²) in [6.45, 7) is 1.93. The van der Waals surface area contributed by atoms with E-state index in [4.69, 9.17) is 11.5 Å². The molecule has 0 aliphatic heterocycles. The number of carbonyl (C=O) groups is 1. The van der Waals surface area contributed by atoms with E-state index >= 15 is 0 Å². The van der Waals surface area contributed by atoms with Crippen LogP contribution >= 0.6 is 0 Å². The third-order valence-corrected chi connectivity index (χ3v) is 5.47. The molecule has 0 saturated heterocycles. The molecular weight excluding hydrogens is 383 g/mol. The molecule has 0 bridgehead atoms. The molecule has 156 valence electrons. The van der Waals surface area contributed by atoms with Gasteiger partial charge in [0, 0.05) is 28.9 Å². The SMILES string of the molecule is Cc1ccc2cc(Nc3nc(NC4CCCC[C@@H]4N)c(F)cc3C(N)=O)ccc2n1. The van der Waals surface area contributed by atoms with Gasteiger partial charge in [-0.25, -0.2) is 9.37 Å². The monoisotopic (exact) mass is 408 g/mol. The predicted molar refractivity (Wildman–Crippen MR) is 116 cm³/mol. The Morgan fingerprint density at radius 1 is 1.10 bits per heavy atom. The summed E-state index contributed by atoms with van der Waals surface area (Å²) < 4.78 is 14.6. The van der Waals surface area contributed by atoms with Crippen LogP contribution < -0.4 is 22.1 Å². The van der Waals surface area contributed by atoms with Crippen LogP contribution in [0.3, 0.4) is 0 Å². The first-order valence-electron chi connectivity index (χ1n) is 10.1. The van der Waals surface area contributed by atoms with Gasteiger partial charge in [-0.3, -0.25) is 9.78 Å². The van der Waals surface area contributed by atoms with Crippen molar-refractivity contribution in [2.45, 2.75) is 44.7 Å². The van der Waals surface area contributed by atoms with Crippen LogP contribution in [0.5, 0.6) is 0 Å². The minimum atomic E-state index is -0.761. The van der Waals surface area contributed by atoms with Gasteiger partial charge in [0.05, 0.1) is 11.1 Å². The Morgan fingerprint density at radius 2 is 1.90 bits per heavy atom. The number of rotatable bonds is 5. The second kappa shape index (κ2) is 8.23. The number of nitrogens with two attached hydrogens (primary N) is 2. The van der Waals surface area contributed by atoms with E-state index in [1.807, 2.05) is 37.3 Å². The Labute approximate surface area is 174 Å². The highest BCUT2D eigenvalue weighted by Crippen LogP contribution is 2.28. The van der Waals surface area contributed by atoms with E-state index in [1.165, 1.54) is 0 Å². The van der Waals surface area contributed by atoms with Crippen molar-refractivity contribution in [2.75, 3.05) is 10.6 Å². The minimum absolute atomic E-state index is 0.0203. The van der Waals surface area contributed by atoms with E-state index in [0.29, 0.717) is 5.69 Å². The zero-order chi connectivity index (χ0) is 21.3. The van der Waals surface area contributed by atoms with Crippen LogP contribution in [0, 0.1) is 12.7 Å². The summed E-state index contributed by atoms with van der Waals surface area (Å²) in [5, 5.41) is 7.14. The molecule has 1 aliphatic carbocycles. The van der Waals surface area contributed by atoms with Gasteiger partial charge in [0.25, 0.3) is 5.91 Å². The van der Waals surface area contributed by atoms with E-state index < -0.39 is 11.7 Å². The van der Waals surface area contributed by atoms with Crippen molar-refractivity contribution >= 4 is 34.1 Å². The molecule has 3 aromatic rings. The molecule has 4 rings (SSSR count). The molecule has 2 aromatic heterocycles. The fraction of sp³-hybridized carbons (Fsp3) is 0.318. The fourth-order valence-electron chi connectivity index (χ4n) is 3.83. The Morgan fingerprint density at radius 3 is 2.67 bits per heavy atom. The maximum atomic E-state index is 14.6. The molecule has 8 heteroatoms. The van der Waals surface area contributed by atoms with Crippen LogP contribution in [-0.2, 0) is 0 Å². The van der Waals surface area contributed by atoms with Crippen LogP contribution in [0.25, 0.3) is 10.9 Å². The second-order valence-electron chi connectivity index (χ2n) is 7.76. The van der Waals surface area contributed by atoms with Crippen LogP contribution in [0.4, 0.5) is 21.7 Å². The number of fused-ring (bicyclic) bond motifs is 1. The number of halogens is 1. The summed E-state index contributed by atoms with van der Waals surface area (Å²) in [6, 6.07) is 10.5. The van der Waals surface area contributed by atoms with Gasteiger partial charge in [-0.05, 0) is 50.1 Å². The summed E-state index contributed by atoms with van der Waals surface area (Å²) in [6.07, 6.45) is 3.83.